The molecule has 0 bridgehead atoms. The van der Waals surface area contributed by atoms with Crippen molar-refractivity contribution in [3.05, 3.63) is 33.9 Å². The second kappa shape index (κ2) is 8.67. The highest BCUT2D eigenvalue weighted by atomic mass is 16.6. The van der Waals surface area contributed by atoms with Gasteiger partial charge in [-0.25, -0.2) is 0 Å². The summed E-state index contributed by atoms with van der Waals surface area (Å²) in [5.41, 5.74) is 1.30. The van der Waals surface area contributed by atoms with Gasteiger partial charge in [-0.15, -0.1) is 0 Å². The van der Waals surface area contributed by atoms with Gasteiger partial charge in [-0.3, -0.25) is 14.9 Å². The van der Waals surface area contributed by atoms with Crippen LogP contribution in [0.5, 0.6) is 0 Å². The second-order valence-corrected chi connectivity index (χ2v) is 7.56. The average molecular weight is 376 g/mol. The van der Waals surface area contributed by atoms with Gasteiger partial charge in [0.15, 0.2) is 0 Å². The molecular weight excluding hydrogens is 348 g/mol. The molecule has 8 heteroatoms. The number of likely N-dealkylation sites (N-methyl/N-ethyl adjacent to an activating group) is 1. The van der Waals surface area contributed by atoms with Crippen molar-refractivity contribution in [1.82, 2.24) is 9.80 Å². The highest BCUT2D eigenvalue weighted by molar-refractivity contribution is 5.76. The molecule has 2 aliphatic rings. The van der Waals surface area contributed by atoms with Gasteiger partial charge in [-0.05, 0) is 43.5 Å². The molecule has 8 nitrogen and oxygen atoms in total. The number of carbonyl (C=O) groups excluding carboxylic acids is 1. The third-order valence-corrected chi connectivity index (χ3v) is 5.69. The molecule has 2 heterocycles. The first-order chi connectivity index (χ1) is 13.0. The predicted molar refractivity (Wildman–Crippen MR) is 103 cm³/mol. The fourth-order valence-corrected chi connectivity index (χ4v) is 3.88. The minimum absolute atomic E-state index is 0.0687. The zero-order valence-corrected chi connectivity index (χ0v) is 15.8. The van der Waals surface area contributed by atoms with Crippen LogP contribution < -0.4 is 4.90 Å². The Morgan fingerprint density at radius 3 is 2.44 bits per heavy atom. The molecule has 0 aliphatic carbocycles. The van der Waals surface area contributed by atoms with Gasteiger partial charge in [-0.2, -0.15) is 0 Å². The highest BCUT2D eigenvalue weighted by Gasteiger charge is 2.28. The van der Waals surface area contributed by atoms with Crippen LogP contribution in [0.3, 0.4) is 0 Å². The molecule has 0 saturated carbocycles. The van der Waals surface area contributed by atoms with E-state index in [0.717, 1.165) is 39.0 Å². The van der Waals surface area contributed by atoms with Crippen LogP contribution in [-0.2, 0) is 11.4 Å². The molecule has 148 valence electrons. The van der Waals surface area contributed by atoms with Gasteiger partial charge in [-0.1, -0.05) is 0 Å². The molecule has 3 rings (SSSR count). The second-order valence-electron chi connectivity index (χ2n) is 7.56. The predicted octanol–water partition coefficient (Wildman–Crippen LogP) is 1.47. The van der Waals surface area contributed by atoms with E-state index in [2.05, 4.69) is 11.9 Å². The molecule has 2 aliphatic heterocycles. The number of carbonyl (C=O) groups is 1. The number of rotatable bonds is 5. The number of piperidine rings is 1. The van der Waals surface area contributed by atoms with Crippen LogP contribution in [0, 0.1) is 16.0 Å². The molecule has 2 fully saturated rings. The lowest BCUT2D eigenvalue weighted by molar-refractivity contribution is -0.384. The van der Waals surface area contributed by atoms with Crippen LogP contribution in [0.15, 0.2) is 18.2 Å². The maximum absolute atomic E-state index is 12.5. The number of anilines is 1. The van der Waals surface area contributed by atoms with Crippen LogP contribution in [-0.4, -0.2) is 72.1 Å². The van der Waals surface area contributed by atoms with Crippen LogP contribution in [0.4, 0.5) is 11.4 Å². The summed E-state index contributed by atoms with van der Waals surface area (Å²) in [7, 11) is 2.07. The quantitative estimate of drug-likeness (QED) is 0.618. The summed E-state index contributed by atoms with van der Waals surface area (Å²) in [6.07, 6.45) is 2.26. The van der Waals surface area contributed by atoms with Crippen molar-refractivity contribution in [3.63, 3.8) is 0 Å². The molecule has 1 amide bonds. The molecule has 0 spiro atoms. The maximum Gasteiger partial charge on any atom is 0.292 e. The average Bonchev–Trinajstić information content (AvgIpc) is 2.68. The Bertz CT molecular complexity index is 680. The van der Waals surface area contributed by atoms with Gasteiger partial charge in [0, 0.05) is 51.8 Å². The lowest BCUT2D eigenvalue weighted by atomic mass is 9.92. The number of nitro groups is 1. The zero-order valence-electron chi connectivity index (χ0n) is 15.8. The van der Waals surface area contributed by atoms with Crippen molar-refractivity contribution < 1.29 is 14.8 Å². The number of benzene rings is 1. The number of nitrogens with zero attached hydrogens (tertiary/aromatic N) is 4. The fraction of sp³-hybridized carbons (Fsp3) is 0.632. The van der Waals surface area contributed by atoms with Gasteiger partial charge < -0.3 is 19.8 Å². The first kappa shape index (κ1) is 19.6. The standard InChI is InChI=1S/C19H28N4O4/c1-20-8-10-22(11-9-20)19(25)13-15-4-6-21(7-5-15)18-12-16(14-24)2-3-17(18)23(26)27/h2-3,12,15,24H,4-11,13-14H2,1H3. The van der Waals surface area contributed by atoms with Gasteiger partial charge in [0.25, 0.3) is 5.69 Å². The van der Waals surface area contributed by atoms with Gasteiger partial charge in [0.2, 0.25) is 5.91 Å². The van der Waals surface area contributed by atoms with E-state index < -0.39 is 0 Å². The third-order valence-electron chi connectivity index (χ3n) is 5.69. The summed E-state index contributed by atoms with van der Waals surface area (Å²) < 4.78 is 0. The van der Waals surface area contributed by atoms with E-state index in [4.69, 9.17) is 0 Å². The molecule has 1 N–H and O–H groups in total. The van der Waals surface area contributed by atoms with Gasteiger partial charge >= 0.3 is 0 Å². The molecule has 0 unspecified atom stereocenters. The summed E-state index contributed by atoms with van der Waals surface area (Å²) >= 11 is 0. The first-order valence-electron chi connectivity index (χ1n) is 9.57. The SMILES string of the molecule is CN1CCN(C(=O)CC2CCN(c3cc(CO)ccc3[N+](=O)[O-])CC2)CC1. The molecule has 1 aromatic rings. The van der Waals surface area contributed by atoms with E-state index in [1.165, 1.54) is 6.07 Å². The summed E-state index contributed by atoms with van der Waals surface area (Å²) in [6.45, 7) is 4.69. The number of amides is 1. The molecule has 0 radical (unpaired) electrons. The Labute approximate surface area is 159 Å². The summed E-state index contributed by atoms with van der Waals surface area (Å²) in [5.74, 6) is 0.559. The number of aliphatic hydroxyl groups excluding tert-OH is 1. The smallest absolute Gasteiger partial charge is 0.292 e. The summed E-state index contributed by atoms with van der Waals surface area (Å²) in [4.78, 5) is 29.7. The number of hydrogen-bond acceptors (Lipinski definition) is 6. The molecular formula is C19H28N4O4. The van der Waals surface area contributed by atoms with Crippen LogP contribution in [0.2, 0.25) is 0 Å². The maximum atomic E-state index is 12.5. The van der Waals surface area contributed by atoms with E-state index in [1.54, 1.807) is 12.1 Å². The van der Waals surface area contributed by atoms with Crippen molar-refractivity contribution in [2.75, 3.05) is 51.2 Å². The van der Waals surface area contributed by atoms with Gasteiger partial charge in [0.1, 0.15) is 5.69 Å². The Morgan fingerprint density at radius 1 is 1.19 bits per heavy atom. The van der Waals surface area contributed by atoms with Crippen LogP contribution in [0.1, 0.15) is 24.8 Å². The Balaban J connectivity index is 1.57. The minimum atomic E-state index is -0.376. The van der Waals surface area contributed by atoms with Crippen LogP contribution >= 0.6 is 0 Å². The van der Waals surface area contributed by atoms with Gasteiger partial charge in [0.05, 0.1) is 11.5 Å². The Kier molecular flexibility index (Phi) is 6.28. The largest absolute Gasteiger partial charge is 0.392 e. The number of piperazine rings is 1. The first-order valence-corrected chi connectivity index (χ1v) is 9.57. The number of nitro benzene ring substituents is 1. The minimum Gasteiger partial charge on any atom is -0.392 e. The van der Waals surface area contributed by atoms with E-state index in [0.29, 0.717) is 36.7 Å². The normalized spacial score (nSPS) is 19.3. The van der Waals surface area contributed by atoms with Crippen molar-refractivity contribution in [1.29, 1.82) is 0 Å². The third kappa shape index (κ3) is 4.75. The lowest BCUT2D eigenvalue weighted by Crippen LogP contribution is -2.47. The number of hydrogen-bond donors (Lipinski definition) is 1. The lowest BCUT2D eigenvalue weighted by Gasteiger charge is -2.36. The molecule has 27 heavy (non-hydrogen) atoms. The van der Waals surface area contributed by atoms with Crippen molar-refractivity contribution in [2.24, 2.45) is 5.92 Å². The molecule has 2 saturated heterocycles. The topological polar surface area (TPSA) is 90.2 Å². The Hall–Kier alpha value is -2.19. The molecule has 1 aromatic carbocycles. The molecule has 0 aromatic heterocycles. The van der Waals surface area contributed by atoms with E-state index in [1.807, 2.05) is 9.80 Å². The van der Waals surface area contributed by atoms with Crippen molar-refractivity contribution in [3.8, 4) is 0 Å². The van der Waals surface area contributed by atoms with Crippen LogP contribution in [0.25, 0.3) is 0 Å². The van der Waals surface area contributed by atoms with E-state index >= 15 is 0 Å². The summed E-state index contributed by atoms with van der Waals surface area (Å²) in [6, 6.07) is 4.75. The van der Waals surface area contributed by atoms with E-state index in [-0.39, 0.29) is 23.1 Å². The highest BCUT2D eigenvalue weighted by Crippen LogP contribution is 2.33. The Morgan fingerprint density at radius 2 is 1.85 bits per heavy atom. The monoisotopic (exact) mass is 376 g/mol. The van der Waals surface area contributed by atoms with Crippen molar-refractivity contribution in [2.45, 2.75) is 25.9 Å². The van der Waals surface area contributed by atoms with E-state index in [9.17, 15) is 20.0 Å². The number of aliphatic hydroxyl groups is 1. The summed E-state index contributed by atoms with van der Waals surface area (Å²) in [5, 5.41) is 20.7. The van der Waals surface area contributed by atoms with Crippen molar-refractivity contribution >= 4 is 17.3 Å². The molecule has 0 atom stereocenters. The zero-order chi connectivity index (χ0) is 19.4. The fourth-order valence-electron chi connectivity index (χ4n) is 3.88.